The van der Waals surface area contributed by atoms with E-state index in [1.807, 2.05) is 6.92 Å². The minimum absolute atomic E-state index is 0.0266. The summed E-state index contributed by atoms with van der Waals surface area (Å²) in [6, 6.07) is 4.43. The summed E-state index contributed by atoms with van der Waals surface area (Å²) >= 11 is 5.72. The average molecular weight is 370 g/mol. The van der Waals surface area contributed by atoms with Crippen molar-refractivity contribution in [1.29, 1.82) is 0 Å². The van der Waals surface area contributed by atoms with Crippen molar-refractivity contribution in [1.82, 2.24) is 4.90 Å². The number of carboxylic acids is 1. The predicted molar refractivity (Wildman–Crippen MR) is 89.7 cm³/mol. The molecule has 0 saturated carbocycles. The molecule has 0 aliphatic carbocycles. The quantitative estimate of drug-likeness (QED) is 0.888. The van der Waals surface area contributed by atoms with Gasteiger partial charge in [0.2, 0.25) is 5.91 Å². The van der Waals surface area contributed by atoms with E-state index in [2.05, 4.69) is 0 Å². The molecule has 2 aliphatic heterocycles. The van der Waals surface area contributed by atoms with E-state index in [0.29, 0.717) is 31.6 Å². The first-order valence-electron chi connectivity index (χ1n) is 8.45. The van der Waals surface area contributed by atoms with Crippen LogP contribution in [0.25, 0.3) is 0 Å². The lowest BCUT2D eigenvalue weighted by molar-refractivity contribution is -0.148. The summed E-state index contributed by atoms with van der Waals surface area (Å²) in [7, 11) is 0. The van der Waals surface area contributed by atoms with Gasteiger partial charge in [0.15, 0.2) is 0 Å². The van der Waals surface area contributed by atoms with Crippen LogP contribution < -0.4 is 0 Å². The standard InChI is InChI=1S/C18H21ClFNO4/c1-10-6-12(18(23)24)9-21(8-10)17(22)13-4-5-25-16(13)11-2-3-14(19)15(20)7-11/h2-3,7,10,12-13,16H,4-6,8-9H2,1H3,(H,23,24)/t10?,12?,13-,16+/m1/s1. The lowest BCUT2D eigenvalue weighted by Gasteiger charge is -2.36. The highest BCUT2D eigenvalue weighted by Crippen LogP contribution is 2.37. The van der Waals surface area contributed by atoms with Crippen LogP contribution in [0.1, 0.15) is 31.4 Å². The predicted octanol–water partition coefficient (Wildman–Crippen LogP) is 3.13. The molecule has 0 radical (unpaired) electrons. The molecule has 4 atom stereocenters. The molecular weight excluding hydrogens is 349 g/mol. The maximum atomic E-state index is 13.8. The van der Waals surface area contributed by atoms with Crippen molar-refractivity contribution in [3.63, 3.8) is 0 Å². The van der Waals surface area contributed by atoms with Crippen LogP contribution in [0.5, 0.6) is 0 Å². The van der Waals surface area contributed by atoms with Crippen LogP contribution in [0.4, 0.5) is 4.39 Å². The number of halogens is 2. The number of amides is 1. The van der Waals surface area contributed by atoms with E-state index in [1.54, 1.807) is 11.0 Å². The van der Waals surface area contributed by atoms with Crippen LogP contribution in [-0.2, 0) is 14.3 Å². The van der Waals surface area contributed by atoms with E-state index >= 15 is 0 Å². The number of likely N-dealkylation sites (tertiary alicyclic amines) is 1. The topological polar surface area (TPSA) is 66.8 Å². The minimum Gasteiger partial charge on any atom is -0.481 e. The number of piperidine rings is 1. The third kappa shape index (κ3) is 3.80. The highest BCUT2D eigenvalue weighted by Gasteiger charge is 2.40. The number of carbonyl (C=O) groups excluding carboxylic acids is 1. The molecule has 1 aromatic rings. The van der Waals surface area contributed by atoms with Gasteiger partial charge in [-0.15, -0.1) is 0 Å². The smallest absolute Gasteiger partial charge is 0.308 e. The Hall–Kier alpha value is -1.66. The number of hydrogen-bond donors (Lipinski definition) is 1. The van der Waals surface area contributed by atoms with Gasteiger partial charge >= 0.3 is 5.97 Å². The highest BCUT2D eigenvalue weighted by molar-refractivity contribution is 6.30. The molecule has 2 saturated heterocycles. The first-order chi connectivity index (χ1) is 11.9. The molecule has 1 N–H and O–H groups in total. The minimum atomic E-state index is -0.872. The number of carboxylic acid groups (broad SMARTS) is 1. The maximum absolute atomic E-state index is 13.8. The molecule has 7 heteroatoms. The van der Waals surface area contributed by atoms with Gasteiger partial charge in [-0.1, -0.05) is 24.6 Å². The largest absolute Gasteiger partial charge is 0.481 e. The van der Waals surface area contributed by atoms with E-state index in [4.69, 9.17) is 16.3 Å². The molecule has 2 heterocycles. The van der Waals surface area contributed by atoms with Crippen LogP contribution in [0, 0.1) is 23.6 Å². The Balaban J connectivity index is 1.78. The molecule has 2 aliphatic rings. The van der Waals surface area contributed by atoms with E-state index in [-0.39, 0.29) is 23.4 Å². The SMILES string of the molecule is CC1CC(C(=O)O)CN(C(=O)[C@@H]2CCO[C@H]2c2ccc(Cl)c(F)c2)C1. The Bertz CT molecular complexity index is 683. The normalized spacial score (nSPS) is 29.6. The first-order valence-corrected chi connectivity index (χ1v) is 8.82. The van der Waals surface area contributed by atoms with Gasteiger partial charge < -0.3 is 14.7 Å². The molecule has 3 rings (SSSR count). The van der Waals surface area contributed by atoms with Gasteiger partial charge in [-0.05, 0) is 36.5 Å². The second-order valence-corrected chi connectivity index (χ2v) is 7.39. The summed E-state index contributed by atoms with van der Waals surface area (Å²) in [4.78, 5) is 25.9. The fourth-order valence-corrected chi connectivity index (χ4v) is 3.92. The number of carbonyl (C=O) groups is 2. The molecule has 0 spiro atoms. The zero-order valence-corrected chi connectivity index (χ0v) is 14.7. The van der Waals surface area contributed by atoms with Crippen LogP contribution in [-0.4, -0.2) is 41.6 Å². The van der Waals surface area contributed by atoms with Crippen LogP contribution in [0.15, 0.2) is 18.2 Å². The van der Waals surface area contributed by atoms with Gasteiger partial charge in [0.05, 0.1) is 23.0 Å². The monoisotopic (exact) mass is 369 g/mol. The van der Waals surface area contributed by atoms with Gasteiger partial charge in [-0.25, -0.2) is 4.39 Å². The summed E-state index contributed by atoms with van der Waals surface area (Å²) in [5.74, 6) is -2.37. The number of rotatable bonds is 3. The van der Waals surface area contributed by atoms with Gasteiger partial charge in [0, 0.05) is 19.7 Å². The molecule has 2 unspecified atom stereocenters. The number of ether oxygens (including phenoxy) is 1. The van der Waals surface area contributed by atoms with Gasteiger partial charge in [0.25, 0.3) is 0 Å². The second-order valence-electron chi connectivity index (χ2n) is 6.98. The maximum Gasteiger partial charge on any atom is 0.308 e. The molecule has 136 valence electrons. The third-order valence-corrected chi connectivity index (χ3v) is 5.31. The number of hydrogen-bond acceptors (Lipinski definition) is 3. The van der Waals surface area contributed by atoms with Crippen molar-refractivity contribution in [2.24, 2.45) is 17.8 Å². The summed E-state index contributed by atoms with van der Waals surface area (Å²) in [5.41, 5.74) is 0.581. The van der Waals surface area contributed by atoms with Crippen LogP contribution in [0.2, 0.25) is 5.02 Å². The van der Waals surface area contributed by atoms with Gasteiger partial charge in [-0.2, -0.15) is 0 Å². The highest BCUT2D eigenvalue weighted by atomic mass is 35.5. The Kier molecular flexibility index (Phi) is 5.29. The van der Waals surface area contributed by atoms with Gasteiger partial charge in [0.1, 0.15) is 5.82 Å². The van der Waals surface area contributed by atoms with Gasteiger partial charge in [-0.3, -0.25) is 9.59 Å². The molecule has 1 amide bonds. The van der Waals surface area contributed by atoms with Crippen molar-refractivity contribution in [3.05, 3.63) is 34.6 Å². The fourth-order valence-electron chi connectivity index (χ4n) is 3.81. The fraction of sp³-hybridized carbons (Fsp3) is 0.556. The zero-order chi connectivity index (χ0) is 18.1. The van der Waals surface area contributed by atoms with Crippen LogP contribution in [0.3, 0.4) is 0 Å². The van der Waals surface area contributed by atoms with E-state index in [1.165, 1.54) is 12.1 Å². The molecule has 2 fully saturated rings. The van der Waals surface area contributed by atoms with Crippen molar-refractivity contribution >= 4 is 23.5 Å². The molecule has 0 bridgehead atoms. The molecule has 1 aromatic carbocycles. The van der Waals surface area contributed by atoms with E-state index < -0.39 is 29.7 Å². The molecular formula is C18H21ClFNO4. The van der Waals surface area contributed by atoms with E-state index in [0.717, 1.165) is 0 Å². The lowest BCUT2D eigenvalue weighted by Crippen LogP contribution is -2.48. The zero-order valence-electron chi connectivity index (χ0n) is 14.0. The summed E-state index contributed by atoms with van der Waals surface area (Å²) in [6.45, 7) is 3.13. The van der Waals surface area contributed by atoms with Crippen molar-refractivity contribution in [2.75, 3.05) is 19.7 Å². The third-order valence-electron chi connectivity index (χ3n) is 5.00. The average Bonchev–Trinajstić information content (AvgIpc) is 3.05. The first kappa shape index (κ1) is 18.1. The summed E-state index contributed by atoms with van der Waals surface area (Å²) < 4.78 is 19.4. The summed E-state index contributed by atoms with van der Waals surface area (Å²) in [5, 5.41) is 9.32. The number of benzene rings is 1. The second kappa shape index (κ2) is 7.30. The Morgan fingerprint density at radius 3 is 2.80 bits per heavy atom. The Morgan fingerprint density at radius 2 is 2.12 bits per heavy atom. The van der Waals surface area contributed by atoms with Crippen molar-refractivity contribution in [3.8, 4) is 0 Å². The van der Waals surface area contributed by atoms with Crippen LogP contribution >= 0.6 is 11.6 Å². The number of nitrogens with zero attached hydrogens (tertiary/aromatic N) is 1. The van der Waals surface area contributed by atoms with Crippen molar-refractivity contribution < 1.29 is 23.8 Å². The molecule has 25 heavy (non-hydrogen) atoms. The molecule has 0 aromatic heterocycles. The number of aliphatic carboxylic acids is 1. The van der Waals surface area contributed by atoms with E-state index in [9.17, 15) is 19.1 Å². The molecule has 5 nitrogen and oxygen atoms in total. The summed E-state index contributed by atoms with van der Waals surface area (Å²) in [6.07, 6.45) is 0.586. The Morgan fingerprint density at radius 1 is 1.36 bits per heavy atom. The Labute approximate surface area is 150 Å². The lowest BCUT2D eigenvalue weighted by atomic mass is 9.88. The van der Waals surface area contributed by atoms with Crippen molar-refractivity contribution in [2.45, 2.75) is 25.9 Å².